The number of nitrogens with one attached hydrogen (secondary N) is 1. The minimum atomic E-state index is -0.0570. The van der Waals surface area contributed by atoms with Crippen molar-refractivity contribution >= 4 is 23.5 Å². The number of para-hydroxylation sites is 1. The Hall–Kier alpha value is -2.73. The summed E-state index contributed by atoms with van der Waals surface area (Å²) in [6.45, 7) is 0. The maximum Gasteiger partial charge on any atom is 0.241 e. The van der Waals surface area contributed by atoms with Crippen LogP contribution in [0.3, 0.4) is 0 Å². The zero-order chi connectivity index (χ0) is 17.4. The second kappa shape index (κ2) is 6.29. The quantitative estimate of drug-likeness (QED) is 0.749. The Morgan fingerprint density at radius 1 is 1.16 bits per heavy atom. The van der Waals surface area contributed by atoms with E-state index in [9.17, 15) is 0 Å². The van der Waals surface area contributed by atoms with Crippen LogP contribution in [0.25, 0.3) is 0 Å². The number of nitrogens with two attached hydrogens (primary N) is 1. The summed E-state index contributed by atoms with van der Waals surface area (Å²) in [5.74, 6) is 1.68. The normalized spacial score (nSPS) is 19.1. The summed E-state index contributed by atoms with van der Waals surface area (Å²) in [5.41, 5.74) is 7.90. The van der Waals surface area contributed by atoms with Crippen molar-refractivity contribution in [1.29, 1.82) is 0 Å². The van der Waals surface area contributed by atoms with E-state index in [-0.39, 0.29) is 18.0 Å². The van der Waals surface area contributed by atoms with Crippen molar-refractivity contribution in [2.24, 2.45) is 0 Å². The number of methoxy groups -OCH3 is 1. The lowest BCUT2D eigenvalue weighted by Crippen LogP contribution is -2.28. The second-order valence-corrected chi connectivity index (χ2v) is 6.36. The van der Waals surface area contributed by atoms with E-state index in [2.05, 4.69) is 15.4 Å². The predicted octanol–water partition coefficient (Wildman–Crippen LogP) is 3.67. The number of ether oxygens (including phenoxy) is 1. The fourth-order valence-electron chi connectivity index (χ4n) is 3.36. The van der Waals surface area contributed by atoms with Gasteiger partial charge in [-0.2, -0.15) is 4.98 Å². The largest absolute Gasteiger partial charge is 0.496 e. The van der Waals surface area contributed by atoms with Crippen molar-refractivity contribution in [3.8, 4) is 5.75 Å². The SMILES string of the molecule is COc1ccccc1[C@@H]1C[C@H](c2ccccc2Cl)Nc2nc(N)nn21. The highest BCUT2D eigenvalue weighted by Crippen LogP contribution is 2.42. The van der Waals surface area contributed by atoms with Gasteiger partial charge >= 0.3 is 0 Å². The van der Waals surface area contributed by atoms with E-state index in [1.807, 2.05) is 53.2 Å². The molecule has 0 unspecified atom stereocenters. The lowest BCUT2D eigenvalue weighted by Gasteiger charge is -2.32. The Morgan fingerprint density at radius 3 is 2.64 bits per heavy atom. The number of anilines is 2. The van der Waals surface area contributed by atoms with Gasteiger partial charge in [0.15, 0.2) is 0 Å². The van der Waals surface area contributed by atoms with Gasteiger partial charge in [0.25, 0.3) is 0 Å². The number of halogens is 1. The number of nitrogen functional groups attached to an aromatic ring is 1. The van der Waals surface area contributed by atoms with Gasteiger partial charge in [-0.05, 0) is 24.1 Å². The minimum absolute atomic E-state index is 0.000266. The van der Waals surface area contributed by atoms with Crippen molar-refractivity contribution < 1.29 is 4.74 Å². The van der Waals surface area contributed by atoms with E-state index in [1.54, 1.807) is 7.11 Å². The molecular weight excluding hydrogens is 338 g/mol. The molecule has 2 atom stereocenters. The third-order valence-corrected chi connectivity index (χ3v) is 4.83. The molecule has 0 saturated heterocycles. The number of fused-ring (bicyclic) bond motifs is 1. The van der Waals surface area contributed by atoms with Gasteiger partial charge in [0.05, 0.1) is 19.2 Å². The molecule has 1 aliphatic rings. The molecule has 0 radical (unpaired) electrons. The van der Waals surface area contributed by atoms with Gasteiger partial charge in [-0.15, -0.1) is 5.10 Å². The fourth-order valence-corrected chi connectivity index (χ4v) is 3.62. The number of hydrogen-bond acceptors (Lipinski definition) is 5. The van der Waals surface area contributed by atoms with Gasteiger partial charge < -0.3 is 15.8 Å². The molecule has 2 heterocycles. The summed E-state index contributed by atoms with van der Waals surface area (Å²) < 4.78 is 7.37. The predicted molar refractivity (Wildman–Crippen MR) is 98.0 cm³/mol. The average molecular weight is 356 g/mol. The maximum absolute atomic E-state index is 6.41. The van der Waals surface area contributed by atoms with Crippen LogP contribution < -0.4 is 15.8 Å². The second-order valence-electron chi connectivity index (χ2n) is 5.95. The van der Waals surface area contributed by atoms with Crippen molar-refractivity contribution in [2.75, 3.05) is 18.2 Å². The van der Waals surface area contributed by atoms with Crippen molar-refractivity contribution in [2.45, 2.75) is 18.5 Å². The molecule has 4 rings (SSSR count). The van der Waals surface area contributed by atoms with E-state index in [4.69, 9.17) is 22.1 Å². The first-order valence-electron chi connectivity index (χ1n) is 8.03. The number of aromatic nitrogens is 3. The monoisotopic (exact) mass is 355 g/mol. The van der Waals surface area contributed by atoms with Gasteiger partial charge in [-0.3, -0.25) is 0 Å². The summed E-state index contributed by atoms with van der Waals surface area (Å²) in [4.78, 5) is 4.32. The lowest BCUT2D eigenvalue weighted by atomic mass is 9.93. The molecule has 7 heteroatoms. The summed E-state index contributed by atoms with van der Waals surface area (Å²) >= 11 is 6.41. The standard InChI is InChI=1S/C18H18ClN5O/c1-25-16-9-5-3-7-12(16)15-10-14(11-6-2-4-8-13(11)19)21-18-22-17(20)23-24(15)18/h2-9,14-15H,10H2,1H3,(H3,20,21,22,23)/t14-,15+/m1/s1. The minimum Gasteiger partial charge on any atom is -0.496 e. The third-order valence-electron chi connectivity index (χ3n) is 4.48. The lowest BCUT2D eigenvalue weighted by molar-refractivity contribution is 0.380. The number of benzene rings is 2. The van der Waals surface area contributed by atoms with Crippen LogP contribution in [0.4, 0.5) is 11.9 Å². The molecule has 1 aliphatic heterocycles. The van der Waals surface area contributed by atoms with Crippen LogP contribution in [-0.2, 0) is 0 Å². The molecule has 6 nitrogen and oxygen atoms in total. The molecule has 3 aromatic rings. The molecule has 3 N–H and O–H groups in total. The number of nitrogens with zero attached hydrogens (tertiary/aromatic N) is 3. The molecule has 0 aliphatic carbocycles. The smallest absolute Gasteiger partial charge is 0.241 e. The van der Waals surface area contributed by atoms with Crippen LogP contribution in [0.2, 0.25) is 5.02 Å². The highest BCUT2D eigenvalue weighted by atomic mass is 35.5. The third kappa shape index (κ3) is 2.78. The van der Waals surface area contributed by atoms with E-state index >= 15 is 0 Å². The average Bonchev–Trinajstić information content (AvgIpc) is 3.01. The Labute approximate surface area is 150 Å². The zero-order valence-corrected chi connectivity index (χ0v) is 14.4. The first kappa shape index (κ1) is 15.8. The molecule has 0 spiro atoms. The molecule has 1 aromatic heterocycles. The highest BCUT2D eigenvalue weighted by Gasteiger charge is 2.33. The van der Waals surface area contributed by atoms with Crippen LogP contribution in [-0.4, -0.2) is 21.9 Å². The molecule has 128 valence electrons. The van der Waals surface area contributed by atoms with Gasteiger partial charge in [0, 0.05) is 10.6 Å². The summed E-state index contributed by atoms with van der Waals surface area (Å²) in [7, 11) is 1.67. The first-order chi connectivity index (χ1) is 12.2. The molecule has 0 saturated carbocycles. The molecule has 2 aromatic carbocycles. The topological polar surface area (TPSA) is 78.0 Å². The Kier molecular flexibility index (Phi) is 3.97. The summed E-state index contributed by atoms with van der Waals surface area (Å²) in [6, 6.07) is 15.7. The number of hydrogen-bond donors (Lipinski definition) is 2. The van der Waals surface area contributed by atoms with Gasteiger partial charge in [-0.25, -0.2) is 4.68 Å². The summed E-state index contributed by atoms with van der Waals surface area (Å²) in [6.07, 6.45) is 0.750. The van der Waals surface area contributed by atoms with Crippen LogP contribution in [0.5, 0.6) is 5.75 Å². The van der Waals surface area contributed by atoms with Crippen LogP contribution in [0.1, 0.15) is 29.6 Å². The maximum atomic E-state index is 6.41. The van der Waals surface area contributed by atoms with E-state index in [0.717, 1.165) is 28.3 Å². The van der Waals surface area contributed by atoms with Gasteiger partial charge in [0.2, 0.25) is 11.9 Å². The molecular formula is C18H18ClN5O. The van der Waals surface area contributed by atoms with Gasteiger partial charge in [0.1, 0.15) is 5.75 Å². The first-order valence-corrected chi connectivity index (χ1v) is 8.41. The molecule has 0 fully saturated rings. The van der Waals surface area contributed by atoms with Crippen molar-refractivity contribution in [1.82, 2.24) is 14.8 Å². The van der Waals surface area contributed by atoms with Crippen LogP contribution in [0.15, 0.2) is 48.5 Å². The Morgan fingerprint density at radius 2 is 1.88 bits per heavy atom. The highest BCUT2D eigenvalue weighted by molar-refractivity contribution is 6.31. The number of rotatable bonds is 3. The molecule has 25 heavy (non-hydrogen) atoms. The van der Waals surface area contributed by atoms with Crippen LogP contribution in [0, 0.1) is 0 Å². The summed E-state index contributed by atoms with van der Waals surface area (Å²) in [5, 5.41) is 8.49. The van der Waals surface area contributed by atoms with E-state index in [0.29, 0.717) is 5.95 Å². The molecule has 0 amide bonds. The van der Waals surface area contributed by atoms with Crippen LogP contribution >= 0.6 is 11.6 Å². The van der Waals surface area contributed by atoms with Crippen molar-refractivity contribution in [3.05, 3.63) is 64.7 Å². The van der Waals surface area contributed by atoms with Gasteiger partial charge in [-0.1, -0.05) is 48.0 Å². The fraction of sp³-hybridized carbons (Fsp3) is 0.222. The molecule has 0 bridgehead atoms. The van der Waals surface area contributed by atoms with E-state index in [1.165, 1.54) is 0 Å². The Bertz CT molecular complexity index is 910. The zero-order valence-electron chi connectivity index (χ0n) is 13.7. The van der Waals surface area contributed by atoms with E-state index < -0.39 is 0 Å². The Balaban J connectivity index is 1.81. The van der Waals surface area contributed by atoms with Crippen molar-refractivity contribution in [3.63, 3.8) is 0 Å².